The second kappa shape index (κ2) is 7.33. The Kier molecular flexibility index (Phi) is 5.30. The summed E-state index contributed by atoms with van der Waals surface area (Å²) in [6, 6.07) is 2.48. The highest BCUT2D eigenvalue weighted by Crippen LogP contribution is 2.21. The molecule has 1 saturated heterocycles. The van der Waals surface area contributed by atoms with Crippen LogP contribution < -0.4 is 0 Å². The molecule has 26 heavy (non-hydrogen) atoms. The van der Waals surface area contributed by atoms with Gasteiger partial charge in [-0.2, -0.15) is 4.31 Å². The van der Waals surface area contributed by atoms with Gasteiger partial charge in [-0.25, -0.2) is 17.2 Å². The SMILES string of the molecule is CCc1nnsc1C(=O)N1CCN(S(=O)(=O)c2ccc(F)c(F)c2)CC1. The van der Waals surface area contributed by atoms with Gasteiger partial charge in [-0.1, -0.05) is 11.4 Å². The maximum absolute atomic E-state index is 13.4. The van der Waals surface area contributed by atoms with Gasteiger partial charge >= 0.3 is 0 Å². The van der Waals surface area contributed by atoms with E-state index < -0.39 is 21.7 Å². The highest BCUT2D eigenvalue weighted by atomic mass is 32.2. The highest BCUT2D eigenvalue weighted by Gasteiger charge is 2.32. The van der Waals surface area contributed by atoms with Crippen LogP contribution in [0.5, 0.6) is 0 Å². The van der Waals surface area contributed by atoms with E-state index in [1.165, 1.54) is 0 Å². The maximum Gasteiger partial charge on any atom is 0.267 e. The summed E-state index contributed by atoms with van der Waals surface area (Å²) < 4.78 is 56.5. The van der Waals surface area contributed by atoms with Crippen LogP contribution in [0.15, 0.2) is 23.1 Å². The number of benzene rings is 1. The molecule has 1 aromatic carbocycles. The molecule has 1 aromatic heterocycles. The van der Waals surface area contributed by atoms with E-state index in [2.05, 4.69) is 9.59 Å². The van der Waals surface area contributed by atoms with Gasteiger partial charge in [-0.15, -0.1) is 5.10 Å². The lowest BCUT2D eigenvalue weighted by atomic mass is 10.2. The van der Waals surface area contributed by atoms with Gasteiger partial charge in [-0.3, -0.25) is 4.79 Å². The fraction of sp³-hybridized carbons (Fsp3) is 0.400. The monoisotopic (exact) mass is 402 g/mol. The molecule has 0 bridgehead atoms. The Labute approximate surface area is 153 Å². The zero-order valence-corrected chi connectivity index (χ0v) is 15.5. The molecule has 1 amide bonds. The highest BCUT2D eigenvalue weighted by molar-refractivity contribution is 7.89. The molecule has 0 aliphatic carbocycles. The molecule has 0 spiro atoms. The summed E-state index contributed by atoms with van der Waals surface area (Å²) in [5.41, 5.74) is 0.622. The molecule has 0 atom stereocenters. The van der Waals surface area contributed by atoms with Crippen molar-refractivity contribution in [3.05, 3.63) is 40.4 Å². The van der Waals surface area contributed by atoms with Crippen LogP contribution in [0.3, 0.4) is 0 Å². The Morgan fingerprint density at radius 3 is 2.50 bits per heavy atom. The standard InChI is InChI=1S/C15H16F2N4O3S2/c1-2-13-14(25-19-18-13)15(22)20-5-7-21(8-6-20)26(23,24)10-3-4-11(16)12(17)9-10/h3-4,9H,2,5-8H2,1H3. The van der Waals surface area contributed by atoms with Gasteiger partial charge in [0.05, 0.1) is 10.6 Å². The first-order valence-corrected chi connectivity index (χ1v) is 10.1. The molecule has 3 rings (SSSR count). The van der Waals surface area contributed by atoms with E-state index in [0.29, 0.717) is 23.1 Å². The number of halogens is 2. The number of amides is 1. The second-order valence-electron chi connectivity index (χ2n) is 5.67. The predicted octanol–water partition coefficient (Wildman–Crippen LogP) is 1.53. The predicted molar refractivity (Wildman–Crippen MR) is 90.3 cm³/mol. The number of sulfonamides is 1. The third-order valence-electron chi connectivity index (χ3n) is 4.14. The quantitative estimate of drug-likeness (QED) is 0.774. The summed E-state index contributed by atoms with van der Waals surface area (Å²) in [4.78, 5) is 14.2. The topological polar surface area (TPSA) is 83.5 Å². The molecule has 7 nitrogen and oxygen atoms in total. The molecule has 0 radical (unpaired) electrons. The molecule has 2 heterocycles. The van der Waals surface area contributed by atoms with Crippen LogP contribution in [0.4, 0.5) is 8.78 Å². The van der Waals surface area contributed by atoms with E-state index in [1.54, 1.807) is 4.90 Å². The van der Waals surface area contributed by atoms with Crippen molar-refractivity contribution in [1.29, 1.82) is 0 Å². The van der Waals surface area contributed by atoms with Gasteiger partial charge in [0.2, 0.25) is 10.0 Å². The summed E-state index contributed by atoms with van der Waals surface area (Å²) >= 11 is 1.02. The zero-order chi connectivity index (χ0) is 18.9. The van der Waals surface area contributed by atoms with E-state index in [9.17, 15) is 22.0 Å². The number of carbonyl (C=O) groups is 1. The van der Waals surface area contributed by atoms with Gasteiger partial charge in [0.25, 0.3) is 5.91 Å². The first-order chi connectivity index (χ1) is 12.3. The average Bonchev–Trinajstić information content (AvgIpc) is 3.12. The Hall–Kier alpha value is -1.98. The number of aryl methyl sites for hydroxylation is 1. The number of piperazine rings is 1. The van der Waals surface area contributed by atoms with Crippen LogP contribution in [0.1, 0.15) is 22.3 Å². The van der Waals surface area contributed by atoms with Crippen molar-refractivity contribution in [3.63, 3.8) is 0 Å². The normalized spacial score (nSPS) is 16.0. The summed E-state index contributed by atoms with van der Waals surface area (Å²) in [6.45, 7) is 2.41. The lowest BCUT2D eigenvalue weighted by Gasteiger charge is -2.33. The minimum absolute atomic E-state index is 0.0702. The molecule has 11 heteroatoms. The van der Waals surface area contributed by atoms with Crippen molar-refractivity contribution in [1.82, 2.24) is 18.8 Å². The van der Waals surface area contributed by atoms with Gasteiger partial charge in [0.15, 0.2) is 11.6 Å². The Balaban J connectivity index is 1.71. The van der Waals surface area contributed by atoms with E-state index in [1.807, 2.05) is 6.92 Å². The minimum Gasteiger partial charge on any atom is -0.335 e. The first-order valence-electron chi connectivity index (χ1n) is 7.90. The van der Waals surface area contributed by atoms with E-state index in [0.717, 1.165) is 28.0 Å². The molecule has 0 saturated carbocycles. The van der Waals surface area contributed by atoms with Crippen molar-refractivity contribution in [2.24, 2.45) is 0 Å². The number of hydrogen-bond donors (Lipinski definition) is 0. The number of hydrogen-bond acceptors (Lipinski definition) is 6. The summed E-state index contributed by atoms with van der Waals surface area (Å²) in [6.07, 6.45) is 0.585. The number of aromatic nitrogens is 2. The summed E-state index contributed by atoms with van der Waals surface area (Å²) in [5.74, 6) is -2.55. The van der Waals surface area contributed by atoms with E-state index in [-0.39, 0.29) is 37.0 Å². The van der Waals surface area contributed by atoms with Gasteiger partial charge in [-0.05, 0) is 36.2 Å². The van der Waals surface area contributed by atoms with Crippen molar-refractivity contribution in [3.8, 4) is 0 Å². The smallest absolute Gasteiger partial charge is 0.267 e. The van der Waals surface area contributed by atoms with Crippen LogP contribution in [0, 0.1) is 11.6 Å². The molecule has 2 aromatic rings. The molecular weight excluding hydrogens is 386 g/mol. The van der Waals surface area contributed by atoms with Crippen molar-refractivity contribution < 1.29 is 22.0 Å². The van der Waals surface area contributed by atoms with Crippen LogP contribution in [-0.4, -0.2) is 59.3 Å². The maximum atomic E-state index is 13.4. The first kappa shape index (κ1) is 18.8. The fourth-order valence-corrected chi connectivity index (χ4v) is 4.82. The fourth-order valence-electron chi connectivity index (χ4n) is 2.66. The van der Waals surface area contributed by atoms with Crippen molar-refractivity contribution in [2.75, 3.05) is 26.2 Å². The minimum atomic E-state index is -3.95. The lowest BCUT2D eigenvalue weighted by Crippen LogP contribution is -2.50. The number of carbonyl (C=O) groups excluding carboxylic acids is 1. The third kappa shape index (κ3) is 3.46. The zero-order valence-electron chi connectivity index (χ0n) is 13.9. The summed E-state index contributed by atoms with van der Waals surface area (Å²) in [5, 5.41) is 3.91. The molecule has 0 N–H and O–H groups in total. The van der Waals surface area contributed by atoms with Gasteiger partial charge in [0, 0.05) is 26.2 Å². The molecule has 1 fully saturated rings. The largest absolute Gasteiger partial charge is 0.335 e. The number of nitrogens with zero attached hydrogens (tertiary/aromatic N) is 4. The Bertz CT molecular complexity index is 925. The van der Waals surface area contributed by atoms with Crippen LogP contribution in [0.25, 0.3) is 0 Å². The van der Waals surface area contributed by atoms with E-state index >= 15 is 0 Å². The molecule has 0 unspecified atom stereocenters. The Morgan fingerprint density at radius 1 is 1.19 bits per heavy atom. The molecule has 1 aliphatic rings. The van der Waals surface area contributed by atoms with E-state index in [4.69, 9.17) is 0 Å². The van der Waals surface area contributed by atoms with Crippen molar-refractivity contribution in [2.45, 2.75) is 18.2 Å². The van der Waals surface area contributed by atoms with Crippen LogP contribution in [-0.2, 0) is 16.4 Å². The lowest BCUT2D eigenvalue weighted by molar-refractivity contribution is 0.0701. The second-order valence-corrected chi connectivity index (χ2v) is 8.37. The molecule has 1 aliphatic heterocycles. The summed E-state index contributed by atoms with van der Waals surface area (Å²) in [7, 11) is -3.95. The van der Waals surface area contributed by atoms with Gasteiger partial charge in [0.1, 0.15) is 4.88 Å². The van der Waals surface area contributed by atoms with Gasteiger partial charge < -0.3 is 4.90 Å². The molecular formula is C15H16F2N4O3S2. The van der Waals surface area contributed by atoms with Crippen LogP contribution in [0.2, 0.25) is 0 Å². The average molecular weight is 402 g/mol. The Morgan fingerprint density at radius 2 is 1.88 bits per heavy atom. The number of rotatable bonds is 4. The van der Waals surface area contributed by atoms with Crippen molar-refractivity contribution >= 4 is 27.5 Å². The molecule has 140 valence electrons. The van der Waals surface area contributed by atoms with Crippen LogP contribution >= 0.6 is 11.5 Å². The third-order valence-corrected chi connectivity index (χ3v) is 6.79.